The van der Waals surface area contributed by atoms with E-state index in [1.165, 1.54) is 14.5 Å². The number of carbonyl (C=O) groups is 3. The summed E-state index contributed by atoms with van der Waals surface area (Å²) in [5.74, 6) is -0.269. The number of carbonyl (C=O) groups excluding carboxylic acids is 3. The fraction of sp³-hybridized carbons (Fsp3) is 0.471. The highest BCUT2D eigenvalue weighted by Gasteiger charge is 2.54. The highest BCUT2D eigenvalue weighted by atomic mass is 16.5. The van der Waals surface area contributed by atoms with Gasteiger partial charge in [0.1, 0.15) is 6.04 Å². The number of likely N-dealkylation sites (tertiary alicyclic amines) is 1. The van der Waals surface area contributed by atoms with Gasteiger partial charge in [0.25, 0.3) is 11.8 Å². The van der Waals surface area contributed by atoms with Gasteiger partial charge in [-0.15, -0.1) is 0 Å². The zero-order valence-electron chi connectivity index (χ0n) is 26.9. The fourth-order valence-electron chi connectivity index (χ4n) is 7.45. The second-order valence-corrected chi connectivity index (χ2v) is 13.0. The third-order valence-corrected chi connectivity index (χ3v) is 9.69. The number of nitrogens with one attached hydrogen (secondary N) is 1. The molecule has 3 amide bonds. The molecule has 1 saturated heterocycles. The van der Waals surface area contributed by atoms with Crippen molar-refractivity contribution < 1.29 is 18.9 Å². The van der Waals surface area contributed by atoms with E-state index in [0.29, 0.717) is 48.7 Å². The monoisotopic (exact) mass is 625 g/mol. The molecule has 3 aliphatic rings. The first-order valence-corrected chi connectivity index (χ1v) is 15.6. The number of fused-ring (bicyclic) bond motifs is 3. The van der Waals surface area contributed by atoms with E-state index in [4.69, 9.17) is 4.52 Å². The maximum Gasteiger partial charge on any atom is 0.459 e. The van der Waals surface area contributed by atoms with Crippen LogP contribution in [0.15, 0.2) is 45.7 Å². The van der Waals surface area contributed by atoms with Crippen LogP contribution in [0.3, 0.4) is 0 Å². The maximum absolute atomic E-state index is 13.2. The van der Waals surface area contributed by atoms with Gasteiger partial charge in [0.05, 0.1) is 18.0 Å². The Balaban J connectivity index is 1.44. The Labute approximate surface area is 267 Å². The lowest BCUT2D eigenvalue weighted by atomic mass is 9.69. The van der Waals surface area contributed by atoms with Gasteiger partial charge in [0.2, 0.25) is 5.91 Å². The van der Waals surface area contributed by atoms with Gasteiger partial charge in [-0.2, -0.15) is 15.0 Å². The predicted molar refractivity (Wildman–Crippen MR) is 168 cm³/mol. The van der Waals surface area contributed by atoms with Crippen LogP contribution in [0, 0.1) is 17.2 Å². The summed E-state index contributed by atoms with van der Waals surface area (Å²) in [4.78, 5) is 61.0. The normalized spacial score (nSPS) is 20.5. The highest BCUT2D eigenvalue weighted by molar-refractivity contribution is 5.95. The molecule has 2 aromatic carbocycles. The number of benzene rings is 2. The predicted octanol–water partition coefficient (Wildman–Crippen LogP) is 1.70. The van der Waals surface area contributed by atoms with Crippen molar-refractivity contribution >= 4 is 17.7 Å². The molecule has 3 aromatic rings. The van der Waals surface area contributed by atoms with Gasteiger partial charge in [-0.05, 0) is 91.1 Å². The third-order valence-electron chi connectivity index (χ3n) is 9.69. The molecule has 46 heavy (non-hydrogen) atoms. The Morgan fingerprint density at radius 3 is 2.09 bits per heavy atom. The first-order valence-electron chi connectivity index (χ1n) is 15.6. The fourth-order valence-corrected chi connectivity index (χ4v) is 7.45. The minimum atomic E-state index is -1.03. The van der Waals surface area contributed by atoms with Crippen molar-refractivity contribution in [1.82, 2.24) is 29.7 Å². The summed E-state index contributed by atoms with van der Waals surface area (Å²) in [6.45, 7) is 0.434. The van der Waals surface area contributed by atoms with Crippen LogP contribution in [0.2, 0.25) is 0 Å². The van der Waals surface area contributed by atoms with Crippen LogP contribution in [0.5, 0.6) is 0 Å². The third kappa shape index (κ3) is 5.28. The molecule has 2 heterocycles. The molecule has 6 rings (SSSR count). The molecular formula is C34H39N7O5. The van der Waals surface area contributed by atoms with Crippen LogP contribution in [0.1, 0.15) is 68.1 Å². The molecule has 1 unspecified atom stereocenters. The molecule has 3 atom stereocenters. The molecule has 0 radical (unpaired) electrons. The number of aromatic nitrogens is 2. The van der Waals surface area contributed by atoms with Gasteiger partial charge < -0.3 is 24.5 Å². The van der Waals surface area contributed by atoms with E-state index in [1.54, 1.807) is 52.3 Å². The number of nitriles is 1. The summed E-state index contributed by atoms with van der Waals surface area (Å²) in [5.41, 5.74) is 3.64. The van der Waals surface area contributed by atoms with Gasteiger partial charge in [0.15, 0.2) is 5.82 Å². The number of amides is 3. The SMILES string of the molecule is CN(C)C(=O)c1ccc2c(c1)CCc1cc(C(=O)N(C)C)ccc1C2(CCNCC(=O)N1C(C#N)C[C@@H]2C[C@@H]21)c1nc(=O)on1C. The summed E-state index contributed by atoms with van der Waals surface area (Å²) < 4.78 is 6.81. The molecule has 12 heteroatoms. The van der Waals surface area contributed by atoms with E-state index < -0.39 is 11.2 Å². The molecule has 1 saturated carbocycles. The average molecular weight is 626 g/mol. The van der Waals surface area contributed by atoms with E-state index in [-0.39, 0.29) is 36.3 Å². The highest BCUT2D eigenvalue weighted by Crippen LogP contribution is 2.48. The lowest BCUT2D eigenvalue weighted by Crippen LogP contribution is -2.44. The lowest BCUT2D eigenvalue weighted by molar-refractivity contribution is -0.131. The molecule has 12 nitrogen and oxygen atoms in total. The number of rotatable bonds is 8. The van der Waals surface area contributed by atoms with Gasteiger partial charge in [-0.3, -0.25) is 14.4 Å². The van der Waals surface area contributed by atoms with Crippen molar-refractivity contribution in [3.63, 3.8) is 0 Å². The van der Waals surface area contributed by atoms with E-state index in [0.717, 1.165) is 35.1 Å². The topological polar surface area (TPSA) is 145 Å². The van der Waals surface area contributed by atoms with E-state index in [1.807, 2.05) is 24.3 Å². The second kappa shape index (κ2) is 11.9. The van der Waals surface area contributed by atoms with Crippen LogP contribution in [0.4, 0.5) is 0 Å². The summed E-state index contributed by atoms with van der Waals surface area (Å²) in [5, 5.41) is 12.9. The Bertz CT molecular complexity index is 1740. The number of hydrogen-bond donors (Lipinski definition) is 1. The molecule has 240 valence electrons. The van der Waals surface area contributed by atoms with Crippen LogP contribution in [-0.2, 0) is 30.1 Å². The van der Waals surface area contributed by atoms with Gasteiger partial charge in [-0.1, -0.05) is 12.1 Å². The van der Waals surface area contributed by atoms with Crippen molar-refractivity contribution in [3.05, 3.63) is 86.2 Å². The second-order valence-electron chi connectivity index (χ2n) is 13.0. The van der Waals surface area contributed by atoms with Crippen LogP contribution < -0.4 is 11.1 Å². The van der Waals surface area contributed by atoms with Gasteiger partial charge in [0, 0.05) is 52.4 Å². The Hall–Kier alpha value is -4.76. The smallest absolute Gasteiger partial charge is 0.345 e. The van der Waals surface area contributed by atoms with Crippen LogP contribution in [-0.4, -0.2) is 95.5 Å². The van der Waals surface area contributed by atoms with E-state index in [9.17, 15) is 24.4 Å². The zero-order valence-corrected chi connectivity index (χ0v) is 26.9. The van der Waals surface area contributed by atoms with Crippen molar-refractivity contribution in [2.45, 2.75) is 49.6 Å². The molecule has 1 aliphatic heterocycles. The minimum Gasteiger partial charge on any atom is -0.345 e. The summed E-state index contributed by atoms with van der Waals surface area (Å²) in [6, 6.07) is 13.3. The summed E-state index contributed by atoms with van der Waals surface area (Å²) >= 11 is 0. The molecule has 2 fully saturated rings. The number of piperidine rings is 1. The van der Waals surface area contributed by atoms with Gasteiger partial charge >= 0.3 is 5.76 Å². The first kappa shape index (κ1) is 31.2. The van der Waals surface area contributed by atoms with Crippen molar-refractivity contribution in [3.8, 4) is 6.07 Å². The number of hydrogen-bond acceptors (Lipinski definition) is 8. The molecule has 0 bridgehead atoms. The van der Waals surface area contributed by atoms with Crippen molar-refractivity contribution in [2.75, 3.05) is 41.3 Å². The Kier molecular flexibility index (Phi) is 8.06. The van der Waals surface area contributed by atoms with Crippen molar-refractivity contribution in [2.24, 2.45) is 13.0 Å². The van der Waals surface area contributed by atoms with Crippen molar-refractivity contribution in [1.29, 1.82) is 5.26 Å². The molecular weight excluding hydrogens is 586 g/mol. The molecule has 1 N–H and O–H groups in total. The molecule has 0 spiro atoms. The van der Waals surface area contributed by atoms with Gasteiger partial charge in [-0.25, -0.2) is 4.79 Å². The zero-order chi connectivity index (χ0) is 32.9. The van der Waals surface area contributed by atoms with E-state index in [2.05, 4.69) is 16.4 Å². The standard InChI is InChI=1S/C34H39N7O5/c1-38(2)30(43)22-8-10-26-20(14-22)6-7-21-15-23(31(44)39(3)4)9-11-27(21)34(26,32-37-33(45)46-40(32)5)12-13-36-19-29(42)41-25(18-35)16-24-17-28(24)41/h8-11,14-15,24-25,28,36H,6-7,12-13,16-17,19H2,1-5H3/t24-,25?,28+/m1/s1. The average Bonchev–Trinajstić information content (AvgIpc) is 3.60. The van der Waals surface area contributed by atoms with E-state index >= 15 is 0 Å². The Morgan fingerprint density at radius 2 is 1.59 bits per heavy atom. The van der Waals surface area contributed by atoms with Crippen LogP contribution in [0.25, 0.3) is 0 Å². The Morgan fingerprint density at radius 1 is 1.00 bits per heavy atom. The lowest BCUT2D eigenvalue weighted by Gasteiger charge is -2.36. The molecule has 1 aromatic heterocycles. The number of nitrogens with zero attached hydrogens (tertiary/aromatic N) is 6. The molecule has 2 aliphatic carbocycles. The largest absolute Gasteiger partial charge is 0.459 e. The minimum absolute atomic E-state index is 0.0709. The summed E-state index contributed by atoms with van der Waals surface area (Å²) in [6.07, 6.45) is 3.25. The summed E-state index contributed by atoms with van der Waals surface area (Å²) in [7, 11) is 8.47. The quantitative estimate of drug-likeness (QED) is 0.373. The maximum atomic E-state index is 13.2. The first-order chi connectivity index (χ1) is 22.0. The number of aryl methyl sites for hydroxylation is 3. The van der Waals surface area contributed by atoms with Crippen LogP contribution >= 0.6 is 0 Å².